The number of hydrogen-bond donors (Lipinski definition) is 3. The topological polar surface area (TPSA) is 90.1 Å². The molecule has 0 radical (unpaired) electrons. The second-order valence-electron chi connectivity index (χ2n) is 7.20. The number of aryl methyl sites for hydroxylation is 1. The van der Waals surface area contributed by atoms with Gasteiger partial charge in [0.05, 0.1) is 5.69 Å². The Bertz CT molecular complexity index is 1060. The van der Waals surface area contributed by atoms with E-state index in [1.54, 1.807) is 0 Å². The van der Waals surface area contributed by atoms with E-state index in [0.717, 1.165) is 46.8 Å². The van der Waals surface area contributed by atoms with E-state index in [4.69, 9.17) is 0 Å². The van der Waals surface area contributed by atoms with E-state index in [0.29, 0.717) is 12.2 Å². The van der Waals surface area contributed by atoms with Crippen molar-refractivity contribution in [2.45, 2.75) is 26.7 Å². The summed E-state index contributed by atoms with van der Waals surface area (Å²) >= 11 is 0. The number of aromatic nitrogens is 2. The Morgan fingerprint density at radius 1 is 1.14 bits per heavy atom. The fourth-order valence-electron chi connectivity index (χ4n) is 3.50. The lowest BCUT2D eigenvalue weighted by atomic mass is 10.1. The second-order valence-corrected chi connectivity index (χ2v) is 7.20. The highest BCUT2D eigenvalue weighted by Gasteiger charge is 2.21. The highest BCUT2D eigenvalue weighted by molar-refractivity contribution is 5.95. The third kappa shape index (κ3) is 4.13. The van der Waals surface area contributed by atoms with Crippen LogP contribution >= 0.6 is 0 Å². The van der Waals surface area contributed by atoms with Gasteiger partial charge in [0.1, 0.15) is 0 Å². The Hall–Kier alpha value is -3.61. The summed E-state index contributed by atoms with van der Waals surface area (Å²) in [4.78, 5) is 24.9. The predicted molar refractivity (Wildman–Crippen MR) is 114 cm³/mol. The first kappa shape index (κ1) is 18.7. The number of hydrogen-bond acceptors (Lipinski definition) is 4. The lowest BCUT2D eigenvalue weighted by Crippen LogP contribution is -2.23. The monoisotopic (exact) mass is 389 g/mol. The number of nitrogens with one attached hydrogen (secondary N) is 3. The molecule has 1 fully saturated rings. The Morgan fingerprint density at radius 2 is 1.93 bits per heavy atom. The first-order chi connectivity index (χ1) is 14.0. The molecule has 0 aliphatic carbocycles. The number of aromatic amines is 1. The molecule has 0 spiro atoms. The fourth-order valence-corrected chi connectivity index (χ4v) is 3.50. The van der Waals surface area contributed by atoms with Crippen LogP contribution < -0.4 is 15.5 Å². The first-order valence-corrected chi connectivity index (χ1v) is 9.61. The molecule has 29 heavy (non-hydrogen) atoms. The molecule has 0 bridgehead atoms. The van der Waals surface area contributed by atoms with Crippen LogP contribution in [0.3, 0.4) is 0 Å². The van der Waals surface area contributed by atoms with Crippen molar-refractivity contribution in [2.24, 2.45) is 0 Å². The van der Waals surface area contributed by atoms with Crippen molar-refractivity contribution >= 4 is 34.7 Å². The summed E-state index contributed by atoms with van der Waals surface area (Å²) in [5.74, 6) is 0.794. The van der Waals surface area contributed by atoms with Crippen LogP contribution in [0, 0.1) is 6.92 Å². The number of anilines is 4. The van der Waals surface area contributed by atoms with Crippen molar-refractivity contribution in [1.82, 2.24) is 10.2 Å². The largest absolute Gasteiger partial charge is 0.339 e. The Morgan fingerprint density at radius 3 is 2.59 bits per heavy atom. The van der Waals surface area contributed by atoms with Crippen molar-refractivity contribution in [1.29, 1.82) is 0 Å². The number of amides is 2. The van der Waals surface area contributed by atoms with Crippen molar-refractivity contribution in [3.05, 3.63) is 54.1 Å². The molecule has 1 saturated heterocycles. The molecule has 4 rings (SSSR count). The van der Waals surface area contributed by atoms with Crippen molar-refractivity contribution in [3.8, 4) is 11.3 Å². The minimum atomic E-state index is -0.0952. The molecule has 1 aliphatic rings. The standard InChI is InChI=1S/C22H23N5O2/c1-14-12-17(23-15(2)28)7-10-19(14)24-21-13-20(25-26-21)16-5-8-18(9-6-16)27-11-3-4-22(27)29/h5-10,12-13H,3-4,11H2,1-2H3,(H,23,28)(H2,24,25,26). The Kier molecular flexibility index (Phi) is 5.03. The molecular formula is C22H23N5O2. The van der Waals surface area contributed by atoms with Crippen LogP contribution in [0.2, 0.25) is 0 Å². The van der Waals surface area contributed by atoms with Gasteiger partial charge in [-0.3, -0.25) is 14.7 Å². The molecule has 3 aromatic rings. The normalized spacial score (nSPS) is 13.6. The Labute approximate surface area is 169 Å². The smallest absolute Gasteiger partial charge is 0.227 e. The van der Waals surface area contributed by atoms with E-state index in [2.05, 4.69) is 20.8 Å². The highest BCUT2D eigenvalue weighted by atomic mass is 16.2. The lowest BCUT2D eigenvalue weighted by Gasteiger charge is -2.15. The average Bonchev–Trinajstić information content (AvgIpc) is 3.33. The summed E-state index contributed by atoms with van der Waals surface area (Å²) in [5, 5.41) is 13.5. The highest BCUT2D eigenvalue weighted by Crippen LogP contribution is 2.28. The van der Waals surface area contributed by atoms with Gasteiger partial charge < -0.3 is 15.5 Å². The van der Waals surface area contributed by atoms with E-state index in [1.807, 2.05) is 60.4 Å². The van der Waals surface area contributed by atoms with Gasteiger partial charge in [-0.05, 0) is 54.8 Å². The maximum Gasteiger partial charge on any atom is 0.227 e. The molecule has 0 atom stereocenters. The van der Waals surface area contributed by atoms with Crippen molar-refractivity contribution in [2.75, 3.05) is 22.1 Å². The zero-order chi connectivity index (χ0) is 20.4. The van der Waals surface area contributed by atoms with E-state index in [-0.39, 0.29) is 11.8 Å². The molecule has 0 saturated carbocycles. The van der Waals surface area contributed by atoms with E-state index in [1.165, 1.54) is 6.92 Å². The van der Waals surface area contributed by atoms with Crippen LogP contribution in [0.25, 0.3) is 11.3 Å². The van der Waals surface area contributed by atoms with Gasteiger partial charge in [0.2, 0.25) is 11.8 Å². The SMILES string of the molecule is CC(=O)Nc1ccc(Nc2cc(-c3ccc(N4CCCC4=O)cc3)[nH]n2)c(C)c1. The van der Waals surface area contributed by atoms with Gasteiger partial charge in [0, 0.05) is 43.0 Å². The van der Waals surface area contributed by atoms with Crippen LogP contribution in [0.4, 0.5) is 22.9 Å². The second kappa shape index (κ2) is 7.79. The van der Waals surface area contributed by atoms with Crippen molar-refractivity contribution < 1.29 is 9.59 Å². The molecule has 1 aromatic heterocycles. The summed E-state index contributed by atoms with van der Waals surface area (Å²) in [6.07, 6.45) is 1.55. The van der Waals surface area contributed by atoms with Gasteiger partial charge >= 0.3 is 0 Å². The average molecular weight is 389 g/mol. The van der Waals surface area contributed by atoms with Gasteiger partial charge in [0.15, 0.2) is 5.82 Å². The molecule has 7 nitrogen and oxygen atoms in total. The zero-order valence-corrected chi connectivity index (χ0v) is 16.5. The molecule has 7 heteroatoms. The van der Waals surface area contributed by atoms with Crippen molar-refractivity contribution in [3.63, 3.8) is 0 Å². The van der Waals surface area contributed by atoms with Crippen LogP contribution in [-0.4, -0.2) is 28.6 Å². The molecule has 2 aromatic carbocycles. The summed E-state index contributed by atoms with van der Waals surface area (Å²) in [6.45, 7) is 4.25. The van der Waals surface area contributed by atoms with Gasteiger partial charge in [-0.25, -0.2) is 0 Å². The van der Waals surface area contributed by atoms with Gasteiger partial charge in [-0.2, -0.15) is 5.10 Å². The lowest BCUT2D eigenvalue weighted by molar-refractivity contribution is -0.117. The maximum atomic E-state index is 11.9. The van der Waals surface area contributed by atoms with Gasteiger partial charge in [0.25, 0.3) is 0 Å². The van der Waals surface area contributed by atoms with E-state index in [9.17, 15) is 9.59 Å². The Balaban J connectivity index is 1.47. The third-order valence-electron chi connectivity index (χ3n) is 4.95. The van der Waals surface area contributed by atoms with E-state index < -0.39 is 0 Å². The fraction of sp³-hybridized carbons (Fsp3) is 0.227. The summed E-state index contributed by atoms with van der Waals surface area (Å²) in [7, 11) is 0. The van der Waals surface area contributed by atoms with E-state index >= 15 is 0 Å². The van der Waals surface area contributed by atoms with Crippen LogP contribution in [0.15, 0.2) is 48.5 Å². The number of rotatable bonds is 5. The van der Waals surface area contributed by atoms with Crippen LogP contribution in [0.1, 0.15) is 25.3 Å². The van der Waals surface area contributed by atoms with Crippen LogP contribution in [-0.2, 0) is 9.59 Å². The number of H-pyrrole nitrogens is 1. The molecule has 2 amide bonds. The summed E-state index contributed by atoms with van der Waals surface area (Å²) < 4.78 is 0. The molecule has 148 valence electrons. The van der Waals surface area contributed by atoms with Gasteiger partial charge in [-0.15, -0.1) is 0 Å². The third-order valence-corrected chi connectivity index (χ3v) is 4.95. The number of benzene rings is 2. The number of carbonyl (C=O) groups excluding carboxylic acids is 2. The zero-order valence-electron chi connectivity index (χ0n) is 16.5. The molecule has 1 aliphatic heterocycles. The quantitative estimate of drug-likeness (QED) is 0.610. The molecule has 2 heterocycles. The minimum Gasteiger partial charge on any atom is -0.339 e. The minimum absolute atomic E-state index is 0.0952. The molecule has 0 unspecified atom stereocenters. The van der Waals surface area contributed by atoms with Gasteiger partial charge in [-0.1, -0.05) is 12.1 Å². The maximum absolute atomic E-state index is 11.9. The number of carbonyl (C=O) groups is 2. The van der Waals surface area contributed by atoms with Crippen LogP contribution in [0.5, 0.6) is 0 Å². The number of nitrogens with zero attached hydrogens (tertiary/aromatic N) is 2. The summed E-state index contributed by atoms with van der Waals surface area (Å²) in [6, 6.07) is 15.5. The summed E-state index contributed by atoms with van der Waals surface area (Å²) in [5.41, 5.74) is 5.50. The molecular weight excluding hydrogens is 366 g/mol. The predicted octanol–water partition coefficient (Wildman–Crippen LogP) is 4.21. The first-order valence-electron chi connectivity index (χ1n) is 9.61. The molecule has 3 N–H and O–H groups in total.